The maximum Gasteiger partial charge on any atom is 0.162 e. The van der Waals surface area contributed by atoms with Gasteiger partial charge in [-0.15, -0.1) is 0 Å². The summed E-state index contributed by atoms with van der Waals surface area (Å²) in [5.74, 6) is -1.54. The van der Waals surface area contributed by atoms with Crippen LogP contribution in [0.3, 0.4) is 0 Å². The summed E-state index contributed by atoms with van der Waals surface area (Å²) in [5.41, 5.74) is 1.29. The van der Waals surface area contributed by atoms with Crippen molar-refractivity contribution in [3.8, 4) is 5.75 Å². The molecule has 0 atom stereocenters. The molecule has 1 aromatic rings. The molecule has 0 fully saturated rings. The van der Waals surface area contributed by atoms with Gasteiger partial charge in [0, 0.05) is 11.6 Å². The molecule has 1 nitrogen and oxygen atoms in total. The summed E-state index contributed by atoms with van der Waals surface area (Å²) in [7, 11) is 0. The summed E-state index contributed by atoms with van der Waals surface area (Å²) in [6.45, 7) is 0.231. The maximum atomic E-state index is 12.6. The molecule has 4 heteroatoms. The smallest absolute Gasteiger partial charge is 0.162 e. The third-order valence-corrected chi connectivity index (χ3v) is 1.50. The van der Waals surface area contributed by atoms with Gasteiger partial charge in [-0.3, -0.25) is 0 Å². The standard InChI is InChI=1S/C9H7ClF2O/c10-4-1-5-13-7-2-3-8(11)9(12)6-7/h1-4,6H,5H2/b4-1+. The highest BCUT2D eigenvalue weighted by Crippen LogP contribution is 2.15. The van der Waals surface area contributed by atoms with Crippen molar-refractivity contribution in [1.29, 1.82) is 0 Å². The van der Waals surface area contributed by atoms with Crippen LogP contribution in [0.25, 0.3) is 0 Å². The lowest BCUT2D eigenvalue weighted by atomic mass is 10.3. The molecule has 1 aromatic carbocycles. The molecule has 0 radical (unpaired) electrons. The van der Waals surface area contributed by atoms with Crippen molar-refractivity contribution in [1.82, 2.24) is 0 Å². The minimum absolute atomic E-state index is 0.231. The van der Waals surface area contributed by atoms with E-state index in [4.69, 9.17) is 16.3 Å². The lowest BCUT2D eigenvalue weighted by Gasteiger charge is -2.02. The Hall–Kier alpha value is -1.09. The van der Waals surface area contributed by atoms with E-state index in [0.29, 0.717) is 0 Å². The molecule has 1 rings (SSSR count). The number of benzene rings is 1. The molecule has 0 aromatic heterocycles. The first-order valence-corrected chi connectivity index (χ1v) is 4.01. The van der Waals surface area contributed by atoms with Crippen molar-refractivity contribution >= 4 is 11.6 Å². The van der Waals surface area contributed by atoms with E-state index in [1.165, 1.54) is 11.6 Å². The zero-order chi connectivity index (χ0) is 9.68. The van der Waals surface area contributed by atoms with Crippen LogP contribution in [-0.4, -0.2) is 6.61 Å². The van der Waals surface area contributed by atoms with Gasteiger partial charge < -0.3 is 4.74 Å². The van der Waals surface area contributed by atoms with Crippen LogP contribution in [0.15, 0.2) is 29.8 Å². The monoisotopic (exact) mass is 204 g/mol. The minimum Gasteiger partial charge on any atom is -0.489 e. The highest BCUT2D eigenvalue weighted by Gasteiger charge is 2.01. The van der Waals surface area contributed by atoms with Crippen LogP contribution in [-0.2, 0) is 0 Å². The second kappa shape index (κ2) is 4.82. The highest BCUT2D eigenvalue weighted by atomic mass is 35.5. The van der Waals surface area contributed by atoms with E-state index in [1.54, 1.807) is 6.08 Å². The molecule has 0 spiro atoms. The van der Waals surface area contributed by atoms with Crippen LogP contribution in [0.1, 0.15) is 0 Å². The third kappa shape index (κ3) is 3.03. The lowest BCUT2D eigenvalue weighted by molar-refractivity contribution is 0.358. The minimum atomic E-state index is -0.924. The van der Waals surface area contributed by atoms with Gasteiger partial charge in [0.05, 0.1) is 0 Å². The van der Waals surface area contributed by atoms with E-state index >= 15 is 0 Å². The fraction of sp³-hybridized carbons (Fsp3) is 0.111. The van der Waals surface area contributed by atoms with Crippen molar-refractivity contribution in [2.45, 2.75) is 0 Å². The van der Waals surface area contributed by atoms with Gasteiger partial charge in [0.1, 0.15) is 12.4 Å². The fourth-order valence-corrected chi connectivity index (χ4v) is 0.820. The molecule has 70 valence electrons. The highest BCUT2D eigenvalue weighted by molar-refractivity contribution is 6.25. The Morgan fingerprint density at radius 3 is 2.69 bits per heavy atom. The molecule has 0 aliphatic carbocycles. The lowest BCUT2D eigenvalue weighted by Crippen LogP contribution is -1.94. The Morgan fingerprint density at radius 1 is 1.31 bits per heavy atom. The molecule has 0 bridgehead atoms. The molecule has 0 amide bonds. The van der Waals surface area contributed by atoms with Gasteiger partial charge in [0.2, 0.25) is 0 Å². The number of hydrogen-bond donors (Lipinski definition) is 0. The van der Waals surface area contributed by atoms with Crippen molar-refractivity contribution in [2.75, 3.05) is 6.61 Å². The van der Waals surface area contributed by atoms with Crippen molar-refractivity contribution in [2.24, 2.45) is 0 Å². The Labute approximate surface area is 79.6 Å². The SMILES string of the molecule is Fc1ccc(OC/C=C/Cl)cc1F. The molecule has 0 aliphatic heterocycles. The normalized spacial score (nSPS) is 10.7. The van der Waals surface area contributed by atoms with Gasteiger partial charge in [-0.25, -0.2) is 8.78 Å². The van der Waals surface area contributed by atoms with Crippen LogP contribution in [0.2, 0.25) is 0 Å². The predicted molar refractivity (Wildman–Crippen MR) is 46.8 cm³/mol. The second-order valence-electron chi connectivity index (χ2n) is 2.25. The Bertz CT molecular complexity index is 312. The van der Waals surface area contributed by atoms with Crippen LogP contribution in [0.5, 0.6) is 5.75 Å². The summed E-state index contributed by atoms with van der Waals surface area (Å²) in [4.78, 5) is 0. The molecule has 0 heterocycles. The second-order valence-corrected chi connectivity index (χ2v) is 2.50. The number of ether oxygens (including phenoxy) is 1. The molecule has 13 heavy (non-hydrogen) atoms. The first kappa shape index (κ1) is 9.99. The molecule has 0 unspecified atom stereocenters. The number of hydrogen-bond acceptors (Lipinski definition) is 1. The predicted octanol–water partition coefficient (Wildman–Crippen LogP) is 3.10. The van der Waals surface area contributed by atoms with Crippen LogP contribution >= 0.6 is 11.6 Å². The van der Waals surface area contributed by atoms with Gasteiger partial charge in [-0.2, -0.15) is 0 Å². The third-order valence-electron chi connectivity index (χ3n) is 1.33. The van der Waals surface area contributed by atoms with Crippen LogP contribution < -0.4 is 4.74 Å². The Morgan fingerprint density at radius 2 is 2.08 bits per heavy atom. The van der Waals surface area contributed by atoms with Crippen molar-refractivity contribution < 1.29 is 13.5 Å². The first-order chi connectivity index (χ1) is 6.24. The first-order valence-electron chi connectivity index (χ1n) is 3.57. The molecule has 0 saturated heterocycles. The summed E-state index contributed by atoms with van der Waals surface area (Å²) in [5, 5.41) is 0. The van der Waals surface area contributed by atoms with E-state index in [0.717, 1.165) is 12.1 Å². The number of halogens is 3. The molecule has 0 N–H and O–H groups in total. The van der Waals surface area contributed by atoms with Crippen LogP contribution in [0, 0.1) is 11.6 Å². The molecular formula is C9H7ClF2O. The van der Waals surface area contributed by atoms with E-state index in [1.807, 2.05) is 0 Å². The van der Waals surface area contributed by atoms with Crippen molar-refractivity contribution in [3.05, 3.63) is 41.4 Å². The zero-order valence-corrected chi connectivity index (χ0v) is 7.39. The molecule has 0 saturated carbocycles. The topological polar surface area (TPSA) is 9.23 Å². The largest absolute Gasteiger partial charge is 0.489 e. The van der Waals surface area contributed by atoms with Gasteiger partial charge in [0.25, 0.3) is 0 Å². The Kier molecular flexibility index (Phi) is 3.71. The zero-order valence-electron chi connectivity index (χ0n) is 6.64. The van der Waals surface area contributed by atoms with Crippen molar-refractivity contribution in [3.63, 3.8) is 0 Å². The Balaban J connectivity index is 2.63. The molecule has 0 aliphatic rings. The van der Waals surface area contributed by atoms with Gasteiger partial charge >= 0.3 is 0 Å². The van der Waals surface area contributed by atoms with Gasteiger partial charge in [-0.1, -0.05) is 11.6 Å². The summed E-state index contributed by atoms with van der Waals surface area (Å²) < 4.78 is 30.0. The fourth-order valence-electron chi connectivity index (χ4n) is 0.747. The van der Waals surface area contributed by atoms with Crippen LogP contribution in [0.4, 0.5) is 8.78 Å². The van der Waals surface area contributed by atoms with E-state index < -0.39 is 11.6 Å². The van der Waals surface area contributed by atoms with E-state index in [-0.39, 0.29) is 12.4 Å². The van der Waals surface area contributed by atoms with Gasteiger partial charge in [-0.05, 0) is 18.2 Å². The van der Waals surface area contributed by atoms with E-state index in [9.17, 15) is 8.78 Å². The summed E-state index contributed by atoms with van der Waals surface area (Å²) in [6, 6.07) is 3.34. The van der Waals surface area contributed by atoms with Gasteiger partial charge in [0.15, 0.2) is 11.6 Å². The average molecular weight is 205 g/mol. The molecular weight excluding hydrogens is 198 g/mol. The number of rotatable bonds is 3. The summed E-state index contributed by atoms with van der Waals surface area (Å²) in [6.07, 6.45) is 1.54. The van der Waals surface area contributed by atoms with E-state index in [2.05, 4.69) is 0 Å². The quantitative estimate of drug-likeness (QED) is 0.735. The average Bonchev–Trinajstić information content (AvgIpc) is 2.12. The maximum absolute atomic E-state index is 12.6. The summed E-state index contributed by atoms with van der Waals surface area (Å²) >= 11 is 5.23.